The molecule has 1 aromatic carbocycles. The van der Waals surface area contributed by atoms with Gasteiger partial charge in [0.15, 0.2) is 10.2 Å². The number of amides is 1. The molecule has 0 atom stereocenters. The van der Waals surface area contributed by atoms with Crippen molar-refractivity contribution in [1.29, 1.82) is 0 Å². The van der Waals surface area contributed by atoms with Crippen LogP contribution < -0.4 is 10.6 Å². The van der Waals surface area contributed by atoms with Crippen molar-refractivity contribution in [3.8, 4) is 0 Å². The monoisotopic (exact) mass is 526 g/mol. The number of para-hydroxylation sites is 1. The molecule has 3 N–H and O–H groups in total. The van der Waals surface area contributed by atoms with Gasteiger partial charge in [-0.25, -0.2) is 14.2 Å². The summed E-state index contributed by atoms with van der Waals surface area (Å²) in [5.41, 5.74) is 0.144. The summed E-state index contributed by atoms with van der Waals surface area (Å²) in [5.74, 6) is -3.28. The van der Waals surface area contributed by atoms with Gasteiger partial charge in [0.1, 0.15) is 22.3 Å². The van der Waals surface area contributed by atoms with Gasteiger partial charge in [0.05, 0.1) is 22.9 Å². The number of esters is 1. The Kier molecular flexibility index (Phi) is 8.07. The maximum Gasteiger partial charge on any atom is 0.341 e. The van der Waals surface area contributed by atoms with E-state index in [1.165, 1.54) is 17.5 Å². The van der Waals surface area contributed by atoms with Crippen LogP contribution in [0.3, 0.4) is 0 Å². The van der Waals surface area contributed by atoms with Crippen molar-refractivity contribution < 1.29 is 28.6 Å². The molecule has 33 heavy (non-hydrogen) atoms. The lowest BCUT2D eigenvalue weighted by atomic mass is 10.2. The van der Waals surface area contributed by atoms with Gasteiger partial charge in [0.2, 0.25) is 0 Å². The molecule has 2 heterocycles. The van der Waals surface area contributed by atoms with E-state index in [1.54, 1.807) is 19.1 Å². The number of halogens is 1. The van der Waals surface area contributed by atoms with Crippen LogP contribution in [0.4, 0.5) is 15.2 Å². The summed E-state index contributed by atoms with van der Waals surface area (Å²) in [6.07, 6.45) is 0. The number of nitrogens with zero attached hydrogens (tertiary/aromatic N) is 2. The molecule has 9 nitrogen and oxygen atoms in total. The molecule has 2 aromatic rings. The minimum absolute atomic E-state index is 0.00282. The normalized spacial score (nSPS) is 14.8. The lowest BCUT2D eigenvalue weighted by molar-refractivity contribution is -0.140. The Bertz CT molecular complexity index is 1180. The van der Waals surface area contributed by atoms with Gasteiger partial charge in [-0.2, -0.15) is 0 Å². The third kappa shape index (κ3) is 5.90. The van der Waals surface area contributed by atoms with Crippen LogP contribution in [0.15, 0.2) is 34.6 Å². The second-order valence-corrected chi connectivity index (χ2v) is 9.09. The van der Waals surface area contributed by atoms with E-state index in [2.05, 4.69) is 15.6 Å². The summed E-state index contributed by atoms with van der Waals surface area (Å²) in [6, 6.07) is 5.97. The second kappa shape index (κ2) is 10.8. The Morgan fingerprint density at radius 2 is 2.03 bits per heavy atom. The molecule has 0 radical (unpaired) electrons. The second-order valence-electron chi connectivity index (χ2n) is 6.17. The summed E-state index contributed by atoms with van der Waals surface area (Å²) in [4.78, 5) is 41.6. The van der Waals surface area contributed by atoms with Crippen molar-refractivity contribution in [3.63, 3.8) is 0 Å². The number of carboxylic acid groups (broad SMARTS) is 1. The van der Waals surface area contributed by atoms with Gasteiger partial charge in [-0.1, -0.05) is 36.1 Å². The Labute approximate surface area is 206 Å². The van der Waals surface area contributed by atoms with E-state index >= 15 is 0 Å². The van der Waals surface area contributed by atoms with Gasteiger partial charge in [-0.05, 0) is 31.3 Å². The molecule has 1 aliphatic heterocycles. The zero-order chi connectivity index (χ0) is 24.1. The first-order valence-electron chi connectivity index (χ1n) is 9.16. The minimum Gasteiger partial charge on any atom is -0.480 e. The predicted octanol–water partition coefficient (Wildman–Crippen LogP) is 3.31. The molecule has 1 amide bonds. The number of nitrogens with one attached hydrogen (secondary N) is 2. The summed E-state index contributed by atoms with van der Waals surface area (Å²) in [5, 5.41) is 16.3. The van der Waals surface area contributed by atoms with Gasteiger partial charge in [-0.3, -0.25) is 14.5 Å². The number of anilines is 2. The Hall–Kier alpha value is -2.94. The summed E-state index contributed by atoms with van der Waals surface area (Å²) in [6.45, 7) is 1.01. The van der Waals surface area contributed by atoms with Crippen molar-refractivity contribution in [3.05, 3.63) is 46.1 Å². The first-order valence-corrected chi connectivity index (χ1v) is 11.7. The average molecular weight is 527 g/mol. The molecule has 14 heteroatoms. The summed E-state index contributed by atoms with van der Waals surface area (Å²) in [7, 11) is 0. The molecule has 0 bridgehead atoms. The molecule has 1 fully saturated rings. The Morgan fingerprint density at radius 3 is 2.70 bits per heavy atom. The number of carbonyl (C=O) groups is 3. The number of aromatic nitrogens is 1. The van der Waals surface area contributed by atoms with E-state index in [4.69, 9.17) is 34.3 Å². The predicted molar refractivity (Wildman–Crippen MR) is 131 cm³/mol. The number of thiazole rings is 1. The lowest BCUT2D eigenvalue weighted by Crippen LogP contribution is -2.33. The number of carbonyl (C=O) groups excluding carboxylic acids is 2. The van der Waals surface area contributed by atoms with Gasteiger partial charge < -0.3 is 20.5 Å². The van der Waals surface area contributed by atoms with Gasteiger partial charge in [0, 0.05) is 5.38 Å². The van der Waals surface area contributed by atoms with Crippen LogP contribution in [0.5, 0.6) is 0 Å². The molecule has 0 saturated carbocycles. The van der Waals surface area contributed by atoms with E-state index in [1.807, 2.05) is 0 Å². The highest BCUT2D eigenvalue weighted by atomic mass is 32.2. The number of ether oxygens (including phenoxy) is 1. The standard InChI is InChI=1S/C19H15FN4O5S4/c1-2-29-16(28)13(14-15(27)24(7-12(25)26)19(31)33-14)11-8-32-18(22-11)23-17(30)21-10-6-4-3-5-9(10)20/h3-6,8H,2,7H2,1H3,(H,25,26)(H2,21,22,23,30). The molecule has 3 rings (SSSR count). The summed E-state index contributed by atoms with van der Waals surface area (Å²) < 4.78 is 18.9. The highest BCUT2D eigenvalue weighted by molar-refractivity contribution is 8.26. The average Bonchev–Trinajstić information content (AvgIpc) is 3.30. The van der Waals surface area contributed by atoms with E-state index in [-0.39, 0.29) is 43.0 Å². The van der Waals surface area contributed by atoms with Crippen LogP contribution in [0.25, 0.3) is 5.57 Å². The number of rotatable bonds is 7. The maximum absolute atomic E-state index is 13.8. The Morgan fingerprint density at radius 1 is 1.30 bits per heavy atom. The third-order valence-electron chi connectivity index (χ3n) is 3.95. The quantitative estimate of drug-likeness (QED) is 0.280. The molecule has 1 saturated heterocycles. The zero-order valence-electron chi connectivity index (χ0n) is 16.8. The smallest absolute Gasteiger partial charge is 0.341 e. The number of hydrogen-bond acceptors (Lipinski definition) is 9. The number of thioether (sulfide) groups is 1. The topological polar surface area (TPSA) is 121 Å². The van der Waals surface area contributed by atoms with Crippen LogP contribution in [-0.4, -0.2) is 55.4 Å². The zero-order valence-corrected chi connectivity index (χ0v) is 20.1. The van der Waals surface area contributed by atoms with Gasteiger partial charge >= 0.3 is 11.9 Å². The fraction of sp³-hybridized carbons (Fsp3) is 0.158. The molecule has 1 aliphatic rings. The molecule has 0 spiro atoms. The maximum atomic E-state index is 13.8. The number of benzene rings is 1. The van der Waals surface area contributed by atoms with Gasteiger partial charge in [-0.15, -0.1) is 11.3 Å². The molecular formula is C19H15FN4O5S4. The first-order chi connectivity index (χ1) is 15.7. The van der Waals surface area contributed by atoms with E-state index < -0.39 is 30.2 Å². The van der Waals surface area contributed by atoms with E-state index in [9.17, 15) is 18.8 Å². The number of hydrogen-bond donors (Lipinski definition) is 3. The molecule has 172 valence electrons. The highest BCUT2D eigenvalue weighted by Crippen LogP contribution is 2.38. The molecule has 0 unspecified atom stereocenters. The van der Waals surface area contributed by atoms with Gasteiger partial charge in [0.25, 0.3) is 5.91 Å². The lowest BCUT2D eigenvalue weighted by Gasteiger charge is -2.11. The Balaban J connectivity index is 1.87. The SMILES string of the molecule is CCOC(=O)C(=C1SC(=S)N(CC(=O)O)C1=O)c1csc(NC(=S)Nc2ccccc2F)n1. The van der Waals surface area contributed by atoms with Crippen LogP contribution >= 0.6 is 47.5 Å². The number of carboxylic acids is 1. The minimum atomic E-state index is -1.25. The summed E-state index contributed by atoms with van der Waals surface area (Å²) >= 11 is 12.2. The van der Waals surface area contributed by atoms with Crippen molar-refractivity contribution in [1.82, 2.24) is 9.88 Å². The third-order valence-corrected chi connectivity index (χ3v) is 6.36. The van der Waals surface area contributed by atoms with Crippen LogP contribution in [0, 0.1) is 5.82 Å². The largest absolute Gasteiger partial charge is 0.480 e. The van der Waals surface area contributed by atoms with E-state index in [0.29, 0.717) is 0 Å². The molecular weight excluding hydrogens is 511 g/mol. The van der Waals surface area contributed by atoms with Crippen molar-refractivity contribution >= 4 is 91.2 Å². The van der Waals surface area contributed by atoms with E-state index in [0.717, 1.165) is 28.0 Å². The van der Waals surface area contributed by atoms with Crippen molar-refractivity contribution in [2.45, 2.75) is 6.92 Å². The van der Waals surface area contributed by atoms with Crippen molar-refractivity contribution in [2.75, 3.05) is 23.8 Å². The number of aliphatic carboxylic acids is 1. The fourth-order valence-electron chi connectivity index (χ4n) is 2.60. The van der Waals surface area contributed by atoms with Crippen LogP contribution in [0.1, 0.15) is 12.6 Å². The van der Waals surface area contributed by atoms with Crippen molar-refractivity contribution in [2.24, 2.45) is 0 Å². The number of thiocarbonyl (C=S) groups is 2. The molecule has 1 aromatic heterocycles. The fourth-order valence-corrected chi connectivity index (χ4v) is 4.89. The first kappa shape index (κ1) is 24.7. The molecule has 0 aliphatic carbocycles. The van der Waals surface area contributed by atoms with Crippen LogP contribution in [-0.2, 0) is 19.1 Å². The van der Waals surface area contributed by atoms with Crippen LogP contribution in [0.2, 0.25) is 0 Å². The highest BCUT2D eigenvalue weighted by Gasteiger charge is 2.38.